The van der Waals surface area contributed by atoms with E-state index in [1.807, 2.05) is 19.1 Å². The Morgan fingerprint density at radius 1 is 1.35 bits per heavy atom. The van der Waals surface area contributed by atoms with E-state index in [9.17, 15) is 14.0 Å². The second kappa shape index (κ2) is 6.21. The van der Waals surface area contributed by atoms with Crippen LogP contribution < -0.4 is 11.3 Å². The third kappa shape index (κ3) is 2.66. The van der Waals surface area contributed by atoms with E-state index in [4.69, 9.17) is 5.73 Å². The number of thiophene rings is 1. The van der Waals surface area contributed by atoms with E-state index < -0.39 is 6.17 Å². The first kappa shape index (κ1) is 16.7. The first-order valence-electron chi connectivity index (χ1n) is 8.26. The lowest BCUT2D eigenvalue weighted by Crippen LogP contribution is -2.32. The van der Waals surface area contributed by atoms with Gasteiger partial charge in [0.25, 0.3) is 11.5 Å². The first-order chi connectivity index (χ1) is 12.5. The molecule has 0 unspecified atom stereocenters. The maximum absolute atomic E-state index is 13.5. The summed E-state index contributed by atoms with van der Waals surface area (Å²) in [6, 6.07) is 7.25. The Bertz CT molecular complexity index is 1060. The number of likely N-dealkylation sites (tertiary alicyclic amines) is 1. The molecular formula is C18H17FN4O2S. The lowest BCUT2D eigenvalue weighted by atomic mass is 10.2. The molecule has 3 heterocycles. The highest BCUT2D eigenvalue weighted by atomic mass is 32.1. The van der Waals surface area contributed by atoms with E-state index in [0.29, 0.717) is 29.0 Å². The van der Waals surface area contributed by atoms with Crippen molar-refractivity contribution in [1.29, 1.82) is 0 Å². The van der Waals surface area contributed by atoms with Crippen molar-refractivity contribution < 1.29 is 9.18 Å². The van der Waals surface area contributed by atoms with E-state index in [1.165, 1.54) is 20.9 Å². The second-order valence-electron chi connectivity index (χ2n) is 6.43. The van der Waals surface area contributed by atoms with Gasteiger partial charge in [-0.05, 0) is 25.5 Å². The van der Waals surface area contributed by atoms with Gasteiger partial charge in [0.1, 0.15) is 6.17 Å². The molecule has 26 heavy (non-hydrogen) atoms. The molecule has 6 nitrogen and oxygen atoms in total. The highest BCUT2D eigenvalue weighted by Crippen LogP contribution is 2.28. The van der Waals surface area contributed by atoms with Gasteiger partial charge in [0.2, 0.25) is 0 Å². The Hall–Kier alpha value is -2.74. The normalized spacial score (nSPS) is 17.2. The van der Waals surface area contributed by atoms with E-state index >= 15 is 0 Å². The van der Waals surface area contributed by atoms with Gasteiger partial charge in [0.15, 0.2) is 5.69 Å². The summed E-state index contributed by atoms with van der Waals surface area (Å²) in [6.45, 7) is 2.33. The third-order valence-corrected chi connectivity index (χ3v) is 5.39. The number of amides is 1. The second-order valence-corrected chi connectivity index (χ2v) is 7.34. The average Bonchev–Trinajstić information content (AvgIpc) is 3.22. The van der Waals surface area contributed by atoms with Crippen molar-refractivity contribution in [3.63, 3.8) is 0 Å². The first-order valence-corrected chi connectivity index (χ1v) is 9.14. The summed E-state index contributed by atoms with van der Waals surface area (Å²) < 4.78 is 14.7. The topological polar surface area (TPSA) is 81.2 Å². The van der Waals surface area contributed by atoms with Crippen molar-refractivity contribution in [2.75, 3.05) is 18.8 Å². The Balaban J connectivity index is 1.92. The molecule has 1 saturated heterocycles. The Morgan fingerprint density at radius 3 is 2.73 bits per heavy atom. The third-order valence-electron chi connectivity index (χ3n) is 4.58. The van der Waals surface area contributed by atoms with E-state index in [-0.39, 0.29) is 29.1 Å². The SMILES string of the molecule is Cc1ccc(-n2nc(C(=O)N3CC[C@H](F)C3)c3csc(N)c3c2=O)cc1. The molecule has 3 aromatic rings. The quantitative estimate of drug-likeness (QED) is 0.749. The average molecular weight is 372 g/mol. The number of fused-ring (bicyclic) bond motifs is 1. The molecule has 1 fully saturated rings. The minimum Gasteiger partial charge on any atom is -0.390 e. The molecule has 0 radical (unpaired) electrons. The fourth-order valence-corrected chi connectivity index (χ4v) is 3.93. The maximum Gasteiger partial charge on any atom is 0.282 e. The molecule has 2 N–H and O–H groups in total. The number of carbonyl (C=O) groups is 1. The van der Waals surface area contributed by atoms with Gasteiger partial charge in [-0.2, -0.15) is 9.78 Å². The summed E-state index contributed by atoms with van der Waals surface area (Å²) in [5, 5.41) is 7.03. The van der Waals surface area contributed by atoms with Gasteiger partial charge < -0.3 is 10.6 Å². The number of rotatable bonds is 2. The van der Waals surface area contributed by atoms with Crippen LogP contribution in [0, 0.1) is 6.92 Å². The smallest absolute Gasteiger partial charge is 0.282 e. The lowest BCUT2D eigenvalue weighted by Gasteiger charge is -2.16. The largest absolute Gasteiger partial charge is 0.390 e. The summed E-state index contributed by atoms with van der Waals surface area (Å²) in [7, 11) is 0. The molecule has 1 aliphatic heterocycles. The predicted molar refractivity (Wildman–Crippen MR) is 99.8 cm³/mol. The molecule has 0 bridgehead atoms. The number of aromatic nitrogens is 2. The standard InChI is InChI=1S/C18H17FN4O2S/c1-10-2-4-12(5-3-10)23-17(24)14-13(9-26-16(14)20)15(21-23)18(25)22-7-6-11(19)8-22/h2-5,9,11H,6-8,20H2,1H3/t11-/m0/s1. The monoisotopic (exact) mass is 372 g/mol. The molecule has 8 heteroatoms. The van der Waals surface area contributed by atoms with Crippen LogP contribution in [0.1, 0.15) is 22.5 Å². The van der Waals surface area contributed by atoms with Crippen molar-refractivity contribution in [1.82, 2.24) is 14.7 Å². The fraction of sp³-hybridized carbons (Fsp3) is 0.278. The zero-order valence-corrected chi connectivity index (χ0v) is 14.9. The minimum absolute atomic E-state index is 0.0469. The molecule has 1 aliphatic rings. The number of halogens is 1. The van der Waals surface area contributed by atoms with Gasteiger partial charge in [-0.25, -0.2) is 4.39 Å². The maximum atomic E-state index is 13.5. The van der Waals surface area contributed by atoms with Crippen molar-refractivity contribution in [2.24, 2.45) is 0 Å². The van der Waals surface area contributed by atoms with Gasteiger partial charge >= 0.3 is 0 Å². The summed E-state index contributed by atoms with van der Waals surface area (Å²) in [4.78, 5) is 27.2. The highest BCUT2D eigenvalue weighted by Gasteiger charge is 2.30. The zero-order chi connectivity index (χ0) is 18.4. The molecule has 1 atom stereocenters. The number of nitrogens with zero attached hydrogens (tertiary/aromatic N) is 3. The fourth-order valence-electron chi connectivity index (χ4n) is 3.14. The van der Waals surface area contributed by atoms with Crippen molar-refractivity contribution >= 4 is 33.0 Å². The molecule has 4 rings (SSSR count). The van der Waals surface area contributed by atoms with Gasteiger partial charge in [0.05, 0.1) is 22.6 Å². The van der Waals surface area contributed by atoms with Crippen molar-refractivity contribution in [3.05, 3.63) is 51.3 Å². The minimum atomic E-state index is -1.02. The summed E-state index contributed by atoms with van der Waals surface area (Å²) >= 11 is 1.19. The number of benzene rings is 1. The molecule has 0 saturated carbocycles. The van der Waals surface area contributed by atoms with Crippen LogP contribution in [0.2, 0.25) is 0 Å². The zero-order valence-electron chi connectivity index (χ0n) is 14.1. The van der Waals surface area contributed by atoms with E-state index in [0.717, 1.165) is 5.56 Å². The van der Waals surface area contributed by atoms with Crippen LogP contribution in [-0.4, -0.2) is 39.8 Å². The predicted octanol–water partition coefficient (Wildman–Crippen LogP) is 2.52. The van der Waals surface area contributed by atoms with Gasteiger partial charge in [-0.15, -0.1) is 11.3 Å². The molecule has 1 amide bonds. The van der Waals surface area contributed by atoms with Gasteiger partial charge in [-0.3, -0.25) is 9.59 Å². The summed E-state index contributed by atoms with van der Waals surface area (Å²) in [6.07, 6.45) is -0.705. The van der Waals surface area contributed by atoms with Gasteiger partial charge in [-0.1, -0.05) is 17.7 Å². The molecule has 2 aromatic heterocycles. The van der Waals surface area contributed by atoms with Crippen LogP contribution in [0.25, 0.3) is 16.5 Å². The Morgan fingerprint density at radius 2 is 2.08 bits per heavy atom. The number of alkyl halides is 1. The van der Waals surface area contributed by atoms with Crippen LogP contribution >= 0.6 is 11.3 Å². The highest BCUT2D eigenvalue weighted by molar-refractivity contribution is 7.15. The Kier molecular flexibility index (Phi) is 3.99. The Labute approximate surface area is 152 Å². The summed E-state index contributed by atoms with van der Waals surface area (Å²) in [5.41, 5.74) is 7.33. The van der Waals surface area contributed by atoms with E-state index in [1.54, 1.807) is 17.5 Å². The molecule has 0 aliphatic carbocycles. The van der Waals surface area contributed by atoms with Crippen LogP contribution in [0.5, 0.6) is 0 Å². The lowest BCUT2D eigenvalue weighted by molar-refractivity contribution is 0.0777. The molecular weight excluding hydrogens is 355 g/mol. The van der Waals surface area contributed by atoms with Crippen LogP contribution in [0.3, 0.4) is 0 Å². The summed E-state index contributed by atoms with van der Waals surface area (Å²) in [5.74, 6) is -0.381. The van der Waals surface area contributed by atoms with Crippen LogP contribution in [-0.2, 0) is 0 Å². The van der Waals surface area contributed by atoms with Gasteiger partial charge in [0, 0.05) is 17.3 Å². The number of nitrogen functional groups attached to an aromatic ring is 1. The molecule has 1 aromatic carbocycles. The van der Waals surface area contributed by atoms with E-state index in [2.05, 4.69) is 5.10 Å². The number of aryl methyl sites for hydroxylation is 1. The number of anilines is 1. The number of hydrogen-bond donors (Lipinski definition) is 1. The number of hydrogen-bond acceptors (Lipinski definition) is 5. The number of nitrogens with two attached hydrogens (primary N) is 1. The van der Waals surface area contributed by atoms with Crippen LogP contribution in [0.4, 0.5) is 9.39 Å². The molecule has 0 spiro atoms. The van der Waals surface area contributed by atoms with Crippen molar-refractivity contribution in [2.45, 2.75) is 19.5 Å². The van der Waals surface area contributed by atoms with Crippen molar-refractivity contribution in [3.8, 4) is 5.69 Å². The van der Waals surface area contributed by atoms with Crippen LogP contribution in [0.15, 0.2) is 34.4 Å². The number of carbonyl (C=O) groups excluding carboxylic acids is 1. The molecule has 134 valence electrons.